The van der Waals surface area contributed by atoms with Gasteiger partial charge in [-0.25, -0.2) is 4.79 Å². The third-order valence-electron chi connectivity index (χ3n) is 4.19. The van der Waals surface area contributed by atoms with Crippen LogP contribution in [0.5, 0.6) is 5.75 Å². The molecule has 0 aliphatic carbocycles. The molecule has 1 N–H and O–H groups in total. The van der Waals surface area contributed by atoms with E-state index in [1.54, 1.807) is 25.6 Å². The van der Waals surface area contributed by atoms with Crippen molar-refractivity contribution in [1.29, 1.82) is 0 Å². The SMILES string of the molecule is COc1cc2oc(=O)cc(C)c2cc1CCC(=O)NCc1cccnc1. The van der Waals surface area contributed by atoms with Gasteiger partial charge in [0.1, 0.15) is 11.3 Å². The van der Waals surface area contributed by atoms with Crippen molar-refractivity contribution in [2.75, 3.05) is 7.11 Å². The molecular weight excluding hydrogens is 332 g/mol. The fraction of sp³-hybridized carbons (Fsp3) is 0.250. The van der Waals surface area contributed by atoms with E-state index in [0.29, 0.717) is 30.7 Å². The monoisotopic (exact) mass is 352 g/mol. The van der Waals surface area contributed by atoms with Crippen LogP contribution in [0, 0.1) is 6.92 Å². The van der Waals surface area contributed by atoms with E-state index in [2.05, 4.69) is 10.3 Å². The predicted octanol–water partition coefficient (Wildman–Crippen LogP) is 2.75. The molecule has 3 aromatic rings. The van der Waals surface area contributed by atoms with Gasteiger partial charge < -0.3 is 14.5 Å². The number of fused-ring (bicyclic) bond motifs is 1. The predicted molar refractivity (Wildman–Crippen MR) is 98.2 cm³/mol. The van der Waals surface area contributed by atoms with Crippen LogP contribution < -0.4 is 15.7 Å². The van der Waals surface area contributed by atoms with Crippen molar-refractivity contribution in [3.8, 4) is 5.75 Å². The number of rotatable bonds is 6. The molecule has 26 heavy (non-hydrogen) atoms. The molecule has 0 radical (unpaired) electrons. The molecule has 0 saturated carbocycles. The first kappa shape index (κ1) is 17.7. The van der Waals surface area contributed by atoms with E-state index in [-0.39, 0.29) is 11.5 Å². The Morgan fingerprint density at radius 2 is 2.15 bits per heavy atom. The van der Waals surface area contributed by atoms with Crippen LogP contribution >= 0.6 is 0 Å². The number of hydrogen-bond donors (Lipinski definition) is 1. The van der Waals surface area contributed by atoms with Crippen LogP contribution in [-0.4, -0.2) is 18.0 Å². The minimum absolute atomic E-state index is 0.0488. The lowest BCUT2D eigenvalue weighted by atomic mass is 10.0. The summed E-state index contributed by atoms with van der Waals surface area (Å²) in [6.07, 6.45) is 4.28. The Bertz CT molecular complexity index is 980. The number of aryl methyl sites for hydroxylation is 2. The van der Waals surface area contributed by atoms with Gasteiger partial charge in [-0.05, 0) is 42.2 Å². The second kappa shape index (κ2) is 7.82. The van der Waals surface area contributed by atoms with Gasteiger partial charge in [0.25, 0.3) is 0 Å². The Hall–Kier alpha value is -3.15. The van der Waals surface area contributed by atoms with Crippen molar-refractivity contribution in [1.82, 2.24) is 10.3 Å². The Morgan fingerprint density at radius 3 is 2.88 bits per heavy atom. The van der Waals surface area contributed by atoms with Crippen LogP contribution in [-0.2, 0) is 17.8 Å². The number of nitrogens with one attached hydrogen (secondary N) is 1. The number of carbonyl (C=O) groups is 1. The van der Waals surface area contributed by atoms with E-state index >= 15 is 0 Å². The zero-order valence-corrected chi connectivity index (χ0v) is 14.7. The van der Waals surface area contributed by atoms with Crippen molar-refractivity contribution in [3.63, 3.8) is 0 Å². The highest BCUT2D eigenvalue weighted by Gasteiger charge is 2.11. The van der Waals surface area contributed by atoms with Crippen LogP contribution in [0.25, 0.3) is 11.0 Å². The van der Waals surface area contributed by atoms with Crippen LogP contribution in [0.4, 0.5) is 0 Å². The second-order valence-electron chi connectivity index (χ2n) is 6.05. The average Bonchev–Trinajstić information content (AvgIpc) is 2.65. The number of pyridine rings is 1. The minimum Gasteiger partial charge on any atom is -0.496 e. The molecule has 3 rings (SSSR count). The topological polar surface area (TPSA) is 81.4 Å². The third-order valence-corrected chi connectivity index (χ3v) is 4.19. The molecule has 1 aromatic carbocycles. The quantitative estimate of drug-likeness (QED) is 0.690. The molecule has 0 saturated heterocycles. The molecule has 0 unspecified atom stereocenters. The van der Waals surface area contributed by atoms with Crippen LogP contribution in [0.1, 0.15) is 23.1 Å². The molecule has 0 atom stereocenters. The van der Waals surface area contributed by atoms with Gasteiger partial charge in [0.2, 0.25) is 5.91 Å². The first-order valence-corrected chi connectivity index (χ1v) is 8.34. The molecule has 0 aliphatic rings. The summed E-state index contributed by atoms with van der Waals surface area (Å²) >= 11 is 0. The molecular formula is C20H20N2O4. The summed E-state index contributed by atoms with van der Waals surface area (Å²) in [5, 5.41) is 3.73. The normalized spacial score (nSPS) is 10.7. The highest BCUT2D eigenvalue weighted by atomic mass is 16.5. The van der Waals surface area contributed by atoms with E-state index in [0.717, 1.165) is 22.1 Å². The van der Waals surface area contributed by atoms with E-state index in [1.807, 2.05) is 25.1 Å². The van der Waals surface area contributed by atoms with Gasteiger partial charge in [0.05, 0.1) is 7.11 Å². The number of benzene rings is 1. The van der Waals surface area contributed by atoms with Crippen LogP contribution in [0.2, 0.25) is 0 Å². The summed E-state index contributed by atoms with van der Waals surface area (Å²) in [5.41, 5.74) is 2.78. The van der Waals surface area contributed by atoms with E-state index in [4.69, 9.17) is 9.15 Å². The van der Waals surface area contributed by atoms with Gasteiger partial charge in [0, 0.05) is 42.9 Å². The maximum atomic E-state index is 12.1. The summed E-state index contributed by atoms with van der Waals surface area (Å²) in [4.78, 5) is 27.7. The molecule has 2 aromatic heterocycles. The summed E-state index contributed by atoms with van der Waals surface area (Å²) in [6, 6.07) is 8.82. The van der Waals surface area contributed by atoms with Crippen molar-refractivity contribution >= 4 is 16.9 Å². The summed E-state index contributed by atoms with van der Waals surface area (Å²) in [5.74, 6) is 0.554. The number of aromatic nitrogens is 1. The molecule has 2 heterocycles. The first-order chi connectivity index (χ1) is 12.6. The molecule has 0 bridgehead atoms. The van der Waals surface area contributed by atoms with Gasteiger partial charge in [-0.1, -0.05) is 6.07 Å². The molecule has 0 spiro atoms. The van der Waals surface area contributed by atoms with Crippen LogP contribution in [0.15, 0.2) is 51.9 Å². The van der Waals surface area contributed by atoms with Crippen LogP contribution in [0.3, 0.4) is 0 Å². The lowest BCUT2D eigenvalue weighted by Crippen LogP contribution is -2.23. The van der Waals surface area contributed by atoms with Crippen molar-refractivity contribution in [3.05, 3.63) is 69.8 Å². The lowest BCUT2D eigenvalue weighted by Gasteiger charge is -2.11. The Balaban J connectivity index is 1.71. The fourth-order valence-corrected chi connectivity index (χ4v) is 2.82. The van der Waals surface area contributed by atoms with Gasteiger partial charge >= 0.3 is 5.63 Å². The zero-order chi connectivity index (χ0) is 18.5. The van der Waals surface area contributed by atoms with Crippen molar-refractivity contribution < 1.29 is 13.9 Å². The maximum absolute atomic E-state index is 12.1. The molecule has 134 valence electrons. The summed E-state index contributed by atoms with van der Waals surface area (Å²) < 4.78 is 10.6. The first-order valence-electron chi connectivity index (χ1n) is 8.34. The highest BCUT2D eigenvalue weighted by Crippen LogP contribution is 2.28. The molecule has 0 fully saturated rings. The summed E-state index contributed by atoms with van der Waals surface area (Å²) in [6.45, 7) is 2.31. The number of amides is 1. The summed E-state index contributed by atoms with van der Waals surface area (Å²) in [7, 11) is 1.56. The molecule has 6 nitrogen and oxygen atoms in total. The molecule has 6 heteroatoms. The number of hydrogen-bond acceptors (Lipinski definition) is 5. The highest BCUT2D eigenvalue weighted by molar-refractivity contribution is 5.83. The van der Waals surface area contributed by atoms with Crippen molar-refractivity contribution in [2.45, 2.75) is 26.3 Å². The second-order valence-corrected chi connectivity index (χ2v) is 6.05. The van der Waals surface area contributed by atoms with Crippen molar-refractivity contribution in [2.24, 2.45) is 0 Å². The zero-order valence-electron chi connectivity index (χ0n) is 14.7. The van der Waals surface area contributed by atoms with Gasteiger partial charge in [-0.15, -0.1) is 0 Å². The largest absolute Gasteiger partial charge is 0.496 e. The van der Waals surface area contributed by atoms with E-state index in [9.17, 15) is 9.59 Å². The average molecular weight is 352 g/mol. The molecule has 0 aliphatic heterocycles. The fourth-order valence-electron chi connectivity index (χ4n) is 2.82. The van der Waals surface area contributed by atoms with E-state index in [1.165, 1.54) is 6.07 Å². The Labute approximate surface area is 150 Å². The van der Waals surface area contributed by atoms with E-state index < -0.39 is 0 Å². The van der Waals surface area contributed by atoms with Gasteiger partial charge in [-0.2, -0.15) is 0 Å². The lowest BCUT2D eigenvalue weighted by molar-refractivity contribution is -0.121. The number of carbonyl (C=O) groups excluding carboxylic acids is 1. The number of nitrogens with zero attached hydrogens (tertiary/aromatic N) is 1. The molecule has 1 amide bonds. The smallest absolute Gasteiger partial charge is 0.336 e. The number of methoxy groups -OCH3 is 1. The van der Waals surface area contributed by atoms with Gasteiger partial charge in [-0.3, -0.25) is 9.78 Å². The number of ether oxygens (including phenoxy) is 1. The maximum Gasteiger partial charge on any atom is 0.336 e. The standard InChI is InChI=1S/C20H20N2O4/c1-13-8-20(24)26-18-10-17(25-2)15(9-16(13)18)5-6-19(23)22-12-14-4-3-7-21-11-14/h3-4,7-11H,5-6,12H2,1-2H3,(H,22,23). The Morgan fingerprint density at radius 1 is 1.31 bits per heavy atom. The Kier molecular flexibility index (Phi) is 5.31. The van der Waals surface area contributed by atoms with Gasteiger partial charge in [0.15, 0.2) is 0 Å². The minimum atomic E-state index is -0.389. The third kappa shape index (κ3) is 4.08.